The fourth-order valence-electron chi connectivity index (χ4n) is 6.49. The Kier molecular flexibility index (Phi) is 8.55. The second-order valence-electron chi connectivity index (χ2n) is 11.3. The lowest BCUT2D eigenvalue weighted by Gasteiger charge is -2.60. The summed E-state index contributed by atoms with van der Waals surface area (Å²) in [5, 5.41) is 39.3. The summed E-state index contributed by atoms with van der Waals surface area (Å²) in [6.45, 7) is 8.62. The smallest absolute Gasteiger partial charge is 0.331 e. The highest BCUT2D eigenvalue weighted by molar-refractivity contribution is 5.87. The molecule has 1 aromatic rings. The van der Waals surface area contributed by atoms with E-state index in [0.717, 1.165) is 31.3 Å². The number of carboxylic acids is 1. The molecule has 1 fully saturated rings. The van der Waals surface area contributed by atoms with Crippen LogP contribution in [0, 0.1) is 28.6 Å². The minimum Gasteiger partial charge on any atom is -0.504 e. The maximum Gasteiger partial charge on any atom is 0.331 e. The summed E-state index contributed by atoms with van der Waals surface area (Å²) in [5.41, 5.74) is 1.10. The summed E-state index contributed by atoms with van der Waals surface area (Å²) in [7, 11) is 0. The number of phenols is 2. The van der Waals surface area contributed by atoms with Gasteiger partial charge in [0.1, 0.15) is 6.61 Å². The second kappa shape index (κ2) is 11.1. The number of aliphatic hydroxyl groups is 1. The fraction of sp³-hybridized carbons (Fsp3) is 0.586. The van der Waals surface area contributed by atoms with Gasteiger partial charge in [-0.1, -0.05) is 39.8 Å². The number of hydrogen-bond donors (Lipinski definition) is 4. The maximum atomic E-state index is 12.4. The predicted octanol–water partition coefficient (Wildman–Crippen LogP) is 5.29. The summed E-state index contributed by atoms with van der Waals surface area (Å²) in [6.07, 6.45) is 8.69. The van der Waals surface area contributed by atoms with Crippen LogP contribution in [0.15, 0.2) is 35.9 Å². The van der Waals surface area contributed by atoms with Gasteiger partial charge in [-0.3, -0.25) is 4.79 Å². The van der Waals surface area contributed by atoms with Crippen LogP contribution in [0.5, 0.6) is 11.5 Å². The number of ether oxygens (including phenoxy) is 1. The van der Waals surface area contributed by atoms with Gasteiger partial charge in [0, 0.05) is 12.5 Å². The molecule has 0 saturated heterocycles. The monoisotopic (exact) mass is 500 g/mol. The highest BCUT2D eigenvalue weighted by atomic mass is 16.5. The van der Waals surface area contributed by atoms with E-state index in [-0.39, 0.29) is 53.1 Å². The number of hydrogen-bond acceptors (Lipinski definition) is 6. The van der Waals surface area contributed by atoms with Gasteiger partial charge in [-0.2, -0.15) is 0 Å². The maximum absolute atomic E-state index is 12.4. The topological polar surface area (TPSA) is 124 Å². The number of carbonyl (C=O) groups excluding carboxylic acids is 1. The lowest BCUT2D eigenvalue weighted by Crippen LogP contribution is -2.55. The molecule has 0 aliphatic heterocycles. The quantitative estimate of drug-likeness (QED) is 0.157. The van der Waals surface area contributed by atoms with Gasteiger partial charge < -0.3 is 25.2 Å². The molecule has 3 rings (SSSR count). The molecular weight excluding hydrogens is 460 g/mol. The first-order chi connectivity index (χ1) is 16.9. The molecule has 7 nitrogen and oxygen atoms in total. The van der Waals surface area contributed by atoms with Gasteiger partial charge in [-0.15, -0.1) is 0 Å². The van der Waals surface area contributed by atoms with E-state index >= 15 is 0 Å². The number of fused-ring (bicyclic) bond motifs is 1. The van der Waals surface area contributed by atoms with Crippen LogP contribution in [0.4, 0.5) is 0 Å². The van der Waals surface area contributed by atoms with E-state index in [9.17, 15) is 24.9 Å². The number of allylic oxidation sites excluding steroid dienone is 1. The van der Waals surface area contributed by atoms with E-state index in [1.165, 1.54) is 24.3 Å². The summed E-state index contributed by atoms with van der Waals surface area (Å²) < 4.78 is 5.59. The number of carboxylic acid groups (broad SMARTS) is 1. The van der Waals surface area contributed by atoms with Gasteiger partial charge in [0.05, 0.1) is 6.10 Å². The molecule has 4 N–H and O–H groups in total. The van der Waals surface area contributed by atoms with Gasteiger partial charge in [-0.25, -0.2) is 4.79 Å². The van der Waals surface area contributed by atoms with Gasteiger partial charge >= 0.3 is 11.9 Å². The van der Waals surface area contributed by atoms with Crippen molar-refractivity contribution in [3.8, 4) is 11.5 Å². The van der Waals surface area contributed by atoms with Gasteiger partial charge in [-0.05, 0) is 90.0 Å². The number of aromatic hydroxyl groups is 2. The Balaban J connectivity index is 1.71. The van der Waals surface area contributed by atoms with Crippen molar-refractivity contribution in [2.24, 2.45) is 28.6 Å². The fourth-order valence-corrected chi connectivity index (χ4v) is 6.49. The van der Waals surface area contributed by atoms with Crippen LogP contribution in [0.25, 0.3) is 6.08 Å². The molecule has 0 unspecified atom stereocenters. The van der Waals surface area contributed by atoms with Crippen LogP contribution in [0.3, 0.4) is 0 Å². The molecule has 2 aliphatic carbocycles. The van der Waals surface area contributed by atoms with Crippen LogP contribution < -0.4 is 0 Å². The van der Waals surface area contributed by atoms with Crippen molar-refractivity contribution >= 4 is 18.0 Å². The Morgan fingerprint density at radius 1 is 1.22 bits per heavy atom. The highest BCUT2D eigenvalue weighted by Gasteiger charge is 2.56. The highest BCUT2D eigenvalue weighted by Crippen LogP contribution is 2.62. The van der Waals surface area contributed by atoms with Crippen LogP contribution in [-0.2, 0) is 14.3 Å². The number of carbonyl (C=O) groups is 2. The zero-order chi connectivity index (χ0) is 26.7. The van der Waals surface area contributed by atoms with Crippen molar-refractivity contribution in [2.45, 2.75) is 72.3 Å². The van der Waals surface area contributed by atoms with Crippen LogP contribution in [0.2, 0.25) is 0 Å². The molecule has 0 spiro atoms. The van der Waals surface area contributed by atoms with Gasteiger partial charge in [0.25, 0.3) is 0 Å². The summed E-state index contributed by atoms with van der Waals surface area (Å²) in [5.74, 6) is -1.34. The molecule has 1 saturated carbocycles. The van der Waals surface area contributed by atoms with Crippen molar-refractivity contribution < 1.29 is 34.8 Å². The number of benzene rings is 1. The SMILES string of the molecule is C[C@@H](CC[C@@]1(C)[C@H](C)[C@@H](O)C[C@@]2(C)C(COC(=O)/C=C/c3ccc(O)c(O)c3)=CCC[C@H]12)CC(=O)O. The minimum absolute atomic E-state index is 0.0682. The largest absolute Gasteiger partial charge is 0.504 e. The molecule has 2 aliphatic rings. The molecule has 0 bridgehead atoms. The Labute approximate surface area is 213 Å². The normalized spacial score (nSPS) is 30.9. The number of aliphatic carboxylic acids is 1. The Hall–Kier alpha value is -2.80. The zero-order valence-electron chi connectivity index (χ0n) is 21.7. The average Bonchev–Trinajstić information content (AvgIpc) is 2.80. The van der Waals surface area contributed by atoms with E-state index < -0.39 is 18.0 Å². The molecule has 36 heavy (non-hydrogen) atoms. The number of aliphatic hydroxyl groups excluding tert-OH is 1. The van der Waals surface area contributed by atoms with Crippen LogP contribution >= 0.6 is 0 Å². The van der Waals surface area contributed by atoms with E-state index in [0.29, 0.717) is 12.0 Å². The van der Waals surface area contributed by atoms with Gasteiger partial charge in [0.2, 0.25) is 0 Å². The van der Waals surface area contributed by atoms with Crippen LogP contribution in [-0.4, -0.2) is 45.1 Å². The third-order valence-corrected chi connectivity index (χ3v) is 8.88. The molecule has 7 heteroatoms. The molecule has 0 aromatic heterocycles. The first-order valence-electron chi connectivity index (χ1n) is 12.8. The third kappa shape index (κ3) is 5.94. The third-order valence-electron chi connectivity index (χ3n) is 8.88. The summed E-state index contributed by atoms with van der Waals surface area (Å²) >= 11 is 0. The number of phenolic OH excluding ortho intramolecular Hbond substituents is 2. The minimum atomic E-state index is -0.782. The van der Waals surface area contributed by atoms with Crippen LogP contribution in [0.1, 0.15) is 71.8 Å². The molecule has 0 heterocycles. The standard InChI is InChI=1S/C29H40O7/c1-18(14-26(33)34)12-13-28(3)19(2)24(32)16-29(4)21(6-5-7-25(28)29)17-36-27(35)11-9-20-8-10-22(30)23(31)15-20/h6,8-11,15,18-19,24-25,30-32H,5,7,12-14,16-17H2,1-4H3,(H,33,34)/b11-9+/t18-,19+,24-,25+,28-,29-/m0/s1. The van der Waals surface area contributed by atoms with E-state index in [2.05, 4.69) is 26.8 Å². The van der Waals surface area contributed by atoms with Crippen molar-refractivity contribution in [1.82, 2.24) is 0 Å². The zero-order valence-corrected chi connectivity index (χ0v) is 21.7. The lowest BCUT2D eigenvalue weighted by molar-refractivity contribution is -0.141. The summed E-state index contributed by atoms with van der Waals surface area (Å²) in [6, 6.07) is 4.29. The first-order valence-corrected chi connectivity index (χ1v) is 12.8. The Morgan fingerprint density at radius 2 is 1.94 bits per heavy atom. The molecule has 1 aromatic carbocycles. The van der Waals surface area contributed by atoms with E-state index in [1.54, 1.807) is 6.07 Å². The van der Waals surface area contributed by atoms with Crippen molar-refractivity contribution in [2.75, 3.05) is 6.61 Å². The summed E-state index contributed by atoms with van der Waals surface area (Å²) in [4.78, 5) is 23.6. The average molecular weight is 501 g/mol. The van der Waals surface area contributed by atoms with E-state index in [1.807, 2.05) is 6.92 Å². The Bertz CT molecular complexity index is 1030. The molecule has 0 radical (unpaired) electrons. The van der Waals surface area contributed by atoms with Crippen molar-refractivity contribution in [1.29, 1.82) is 0 Å². The van der Waals surface area contributed by atoms with Crippen molar-refractivity contribution in [3.05, 3.63) is 41.5 Å². The molecular formula is C29H40O7. The first kappa shape index (κ1) is 27.8. The predicted molar refractivity (Wildman–Crippen MR) is 137 cm³/mol. The molecule has 0 amide bonds. The van der Waals surface area contributed by atoms with Crippen molar-refractivity contribution in [3.63, 3.8) is 0 Å². The number of esters is 1. The number of rotatable bonds is 9. The molecule has 198 valence electrons. The molecule has 6 atom stereocenters. The second-order valence-corrected chi connectivity index (χ2v) is 11.3. The lowest BCUT2D eigenvalue weighted by atomic mass is 9.46. The Morgan fingerprint density at radius 3 is 2.61 bits per heavy atom. The van der Waals surface area contributed by atoms with Gasteiger partial charge in [0.15, 0.2) is 11.5 Å². The van der Waals surface area contributed by atoms with E-state index in [4.69, 9.17) is 9.84 Å².